The Hall–Kier alpha value is -0.904. The summed E-state index contributed by atoms with van der Waals surface area (Å²) >= 11 is 0. The van der Waals surface area contributed by atoms with Crippen LogP contribution in [0.25, 0.3) is 5.73 Å². The molecule has 326 valence electrons. The summed E-state index contributed by atoms with van der Waals surface area (Å²) in [7, 11) is 0. The Balaban J connectivity index is -0.000000217. The predicted octanol–water partition coefficient (Wildman–Crippen LogP) is 11.0. The maximum atomic E-state index is 10.2. The quantitative estimate of drug-likeness (QED) is 0.0360. The van der Waals surface area contributed by atoms with E-state index < -0.39 is 29.9 Å². The van der Waals surface area contributed by atoms with Gasteiger partial charge < -0.3 is 43.3 Å². The van der Waals surface area contributed by atoms with Crippen LogP contribution in [-0.4, -0.2) is 58.7 Å². The van der Waals surface area contributed by atoms with Crippen LogP contribution in [0.3, 0.4) is 0 Å². The van der Waals surface area contributed by atoms with Crippen LogP contribution in [0.5, 0.6) is 0 Å². The zero-order valence-electron chi connectivity index (χ0n) is 37.2. The molecule has 0 rings (SSSR count). The molecule has 0 radical (unpaired) electrons. The summed E-state index contributed by atoms with van der Waals surface area (Å²) < 4.78 is 0. The third-order valence-corrected chi connectivity index (χ3v) is 9.70. The van der Waals surface area contributed by atoms with Crippen molar-refractivity contribution in [2.45, 2.75) is 258 Å². The molecule has 9 heteroatoms. The molecule has 0 fully saturated rings. The fourth-order valence-corrected chi connectivity index (χ4v) is 5.95. The van der Waals surface area contributed by atoms with Gasteiger partial charge in [-0.3, -0.25) is 4.79 Å². The van der Waals surface area contributed by atoms with E-state index in [1.54, 1.807) is 0 Å². The Kier molecular flexibility index (Phi) is 66.1. The average Bonchev–Trinajstić information content (AvgIpc) is 3.14. The van der Waals surface area contributed by atoms with Crippen molar-refractivity contribution in [2.75, 3.05) is 6.54 Å². The first-order valence-electron chi connectivity index (χ1n) is 23.0. The van der Waals surface area contributed by atoms with Crippen LogP contribution in [0, 0.1) is 12.8 Å². The van der Waals surface area contributed by atoms with E-state index in [0.717, 1.165) is 32.2 Å². The van der Waals surface area contributed by atoms with E-state index >= 15 is 0 Å². The van der Waals surface area contributed by atoms with Crippen molar-refractivity contribution in [3.63, 3.8) is 0 Å². The predicted molar refractivity (Wildman–Crippen MR) is 232 cm³/mol. The van der Waals surface area contributed by atoms with Crippen molar-refractivity contribution in [1.29, 1.82) is 0 Å². The minimum absolute atomic E-state index is 0. The van der Waals surface area contributed by atoms with Gasteiger partial charge in [0.25, 0.3) is 5.97 Å². The third-order valence-electron chi connectivity index (χ3n) is 9.70. The SMILES string of the molecule is CCCCCCCCCCCCCCCCCC.CCCCCCCCCCCCCCCCCC(=O)[O-].C[C@H]([NH-])C(=O)[O-].[CH2-][C@@H](CCCC[NH3+])C(=O)O.[Mg+2]. The Morgan fingerprint density at radius 2 is 0.764 bits per heavy atom. The van der Waals surface area contributed by atoms with Gasteiger partial charge in [0.1, 0.15) is 0 Å². The number of carboxylic acids is 3. The van der Waals surface area contributed by atoms with Gasteiger partial charge in [0, 0.05) is 11.9 Å². The summed E-state index contributed by atoms with van der Waals surface area (Å²) in [5, 5.41) is 28.0. The molecule has 0 bridgehead atoms. The van der Waals surface area contributed by atoms with Gasteiger partial charge in [-0.05, 0) is 25.7 Å². The van der Waals surface area contributed by atoms with Crippen LogP contribution < -0.4 is 15.9 Å². The first-order chi connectivity index (χ1) is 26.0. The maximum absolute atomic E-state index is 10.2. The van der Waals surface area contributed by atoms with E-state index in [1.165, 1.54) is 193 Å². The van der Waals surface area contributed by atoms with Gasteiger partial charge in [-0.15, -0.1) is 6.04 Å². The van der Waals surface area contributed by atoms with E-state index in [1.807, 2.05) is 0 Å². The van der Waals surface area contributed by atoms with E-state index in [4.69, 9.17) is 10.8 Å². The van der Waals surface area contributed by atoms with Crippen molar-refractivity contribution < 1.29 is 35.4 Å². The van der Waals surface area contributed by atoms with Gasteiger partial charge in [-0.2, -0.15) is 0 Å². The molecule has 0 aliphatic heterocycles. The monoisotopic (exact) mass is 794 g/mol. The van der Waals surface area contributed by atoms with Crippen LogP contribution in [0.15, 0.2) is 0 Å². The molecule has 8 nitrogen and oxygen atoms in total. The van der Waals surface area contributed by atoms with Crippen LogP contribution in [-0.2, 0) is 14.4 Å². The second-order valence-electron chi connectivity index (χ2n) is 15.4. The van der Waals surface area contributed by atoms with Crippen molar-refractivity contribution in [3.8, 4) is 0 Å². The number of hydrogen-bond acceptors (Lipinski definition) is 5. The van der Waals surface area contributed by atoms with Crippen LogP contribution in [0.1, 0.15) is 252 Å². The topological polar surface area (TPSA) is 169 Å². The molecule has 0 saturated carbocycles. The average molecular weight is 795 g/mol. The molecule has 5 N–H and O–H groups in total. The molecule has 0 amide bonds. The number of nitrogens with one attached hydrogen (secondary N) is 1. The summed E-state index contributed by atoms with van der Waals surface area (Å²) in [4.78, 5) is 29.8. The van der Waals surface area contributed by atoms with Gasteiger partial charge >= 0.3 is 23.1 Å². The largest absolute Gasteiger partial charge is 2.00 e. The van der Waals surface area contributed by atoms with E-state index in [9.17, 15) is 24.6 Å². The number of carboxylic acid groups (broad SMARTS) is 3. The first kappa shape index (κ1) is 63.3. The van der Waals surface area contributed by atoms with Gasteiger partial charge in [0.15, 0.2) is 0 Å². The third kappa shape index (κ3) is 71.3. The Morgan fingerprint density at radius 1 is 0.527 bits per heavy atom. The minimum Gasteiger partial charge on any atom is -0.670 e. The fraction of sp³-hybridized carbons (Fsp3) is 0.913. The summed E-state index contributed by atoms with van der Waals surface area (Å²) in [5.74, 6) is -3.47. The number of aliphatic carboxylic acids is 3. The molecule has 2 atom stereocenters. The summed E-state index contributed by atoms with van der Waals surface area (Å²) in [6.07, 6.45) is 45.9. The van der Waals surface area contributed by atoms with Crippen molar-refractivity contribution in [1.82, 2.24) is 0 Å². The van der Waals surface area contributed by atoms with Crippen molar-refractivity contribution in [2.24, 2.45) is 5.92 Å². The summed E-state index contributed by atoms with van der Waals surface area (Å²) in [6.45, 7) is 12.5. The van der Waals surface area contributed by atoms with Gasteiger partial charge in [-0.1, -0.05) is 233 Å². The molecular formula is C46H93MgN2O6-. The molecule has 0 aromatic carbocycles. The minimum atomic E-state index is -1.32. The fourth-order valence-electron chi connectivity index (χ4n) is 5.95. The Morgan fingerprint density at radius 3 is 0.945 bits per heavy atom. The van der Waals surface area contributed by atoms with E-state index in [2.05, 4.69) is 33.4 Å². The molecule has 0 aromatic heterocycles. The van der Waals surface area contributed by atoms with Crippen LogP contribution in [0.2, 0.25) is 0 Å². The second-order valence-corrected chi connectivity index (χ2v) is 15.4. The Labute approximate surface area is 358 Å². The number of hydrogen-bond donors (Lipinski definition) is 2. The van der Waals surface area contributed by atoms with Gasteiger partial charge in [0.05, 0.1) is 6.54 Å². The maximum Gasteiger partial charge on any atom is 2.00 e. The molecule has 0 unspecified atom stereocenters. The normalized spacial score (nSPS) is 11.4. The summed E-state index contributed by atoms with van der Waals surface area (Å²) in [5.41, 5.74) is 10.0. The first-order valence-corrected chi connectivity index (χ1v) is 23.0. The number of rotatable bonds is 37. The van der Waals surface area contributed by atoms with Crippen LogP contribution >= 0.6 is 0 Å². The molecule has 0 saturated heterocycles. The zero-order valence-corrected chi connectivity index (χ0v) is 38.6. The summed E-state index contributed by atoms with van der Waals surface area (Å²) in [6, 6.07) is -1.09. The zero-order chi connectivity index (χ0) is 41.3. The second kappa shape index (κ2) is 57.4. The number of unbranched alkanes of at least 4 members (excludes halogenated alkanes) is 30. The standard InChI is InChI=1S/C18H36O2.C18H38.C7H14NO2.C3H6NO2.Mg/c1-2-3-4-5-6-7-8-9-10-11-12-13-14-15-16-17-18(19)20;1-3-5-7-9-11-13-15-17-18-16-14-12-10-8-6-4-2;1-6(7(9)10)4-2-3-5-8;1-2(4)3(5)6;/h2-17H2,1H3,(H,19,20);3-18H2,1-2H3;6H,1-5,8H2,(H,9,10);2,4H,1H3,(H,5,6);/q;;2*-1;+2/p-1/t;;6-;2-;/m..00./s1. The van der Waals surface area contributed by atoms with E-state index in [0.29, 0.717) is 6.42 Å². The molecule has 0 aliphatic carbocycles. The van der Waals surface area contributed by atoms with E-state index in [-0.39, 0.29) is 29.5 Å². The smallest absolute Gasteiger partial charge is 0.670 e. The molecule has 0 aromatic rings. The Bertz CT molecular complexity index is 725. The van der Waals surface area contributed by atoms with Crippen LogP contribution in [0.4, 0.5) is 0 Å². The van der Waals surface area contributed by atoms with Gasteiger partial charge in [0.2, 0.25) is 0 Å². The molecule has 0 aliphatic rings. The molecule has 0 heterocycles. The van der Waals surface area contributed by atoms with Crippen molar-refractivity contribution >= 4 is 41.0 Å². The molecule has 55 heavy (non-hydrogen) atoms. The molecule has 0 spiro atoms. The van der Waals surface area contributed by atoms with Gasteiger partial charge in [-0.25, -0.2) is 0 Å². The number of carbonyl (C=O) groups is 3. The molecular weight excluding hydrogens is 701 g/mol. The number of carbonyl (C=O) groups excluding carboxylic acids is 2. The number of quaternary nitrogens is 1. The van der Waals surface area contributed by atoms with Crippen molar-refractivity contribution in [3.05, 3.63) is 12.7 Å².